The highest BCUT2D eigenvalue weighted by molar-refractivity contribution is 9.10. The summed E-state index contributed by atoms with van der Waals surface area (Å²) in [6.45, 7) is 0.809. The van der Waals surface area contributed by atoms with Crippen LogP contribution in [-0.2, 0) is 6.42 Å². The van der Waals surface area contributed by atoms with Gasteiger partial charge in [-0.15, -0.1) is 0 Å². The first-order valence-electron chi connectivity index (χ1n) is 4.55. The number of hydrogen-bond donors (Lipinski definition) is 1. The summed E-state index contributed by atoms with van der Waals surface area (Å²) < 4.78 is 0.897. The third kappa shape index (κ3) is 2.09. The van der Waals surface area contributed by atoms with Gasteiger partial charge >= 0.3 is 0 Å². The summed E-state index contributed by atoms with van der Waals surface area (Å²) in [5, 5.41) is 0. The molecule has 0 radical (unpaired) electrons. The summed E-state index contributed by atoms with van der Waals surface area (Å²) >= 11 is 3.32. The lowest BCUT2D eigenvalue weighted by atomic mass is 9.98. The Morgan fingerprint density at radius 2 is 2.23 bits per heavy atom. The highest BCUT2D eigenvalue weighted by Gasteiger charge is 2.40. The van der Waals surface area contributed by atoms with Crippen LogP contribution in [0.5, 0.6) is 0 Å². The van der Waals surface area contributed by atoms with E-state index in [9.17, 15) is 0 Å². The van der Waals surface area contributed by atoms with E-state index in [1.54, 1.807) is 0 Å². The Kier molecular flexibility index (Phi) is 2.39. The standard InChI is InChI=1S/C10H13BrN2/c11-9-2-1-8(6-13-9)5-10(7-12)3-4-10/h1-2,6H,3-5,7,12H2. The average Bonchev–Trinajstić information content (AvgIpc) is 2.90. The zero-order chi connectivity index (χ0) is 9.31. The molecule has 2 rings (SSSR count). The fourth-order valence-corrected chi connectivity index (χ4v) is 1.81. The minimum absolute atomic E-state index is 0.412. The van der Waals surface area contributed by atoms with Crippen molar-refractivity contribution < 1.29 is 0 Å². The molecule has 70 valence electrons. The molecule has 2 nitrogen and oxygen atoms in total. The van der Waals surface area contributed by atoms with E-state index in [1.165, 1.54) is 18.4 Å². The predicted octanol–water partition coefficient (Wildman–Crippen LogP) is 2.13. The van der Waals surface area contributed by atoms with Crippen LogP contribution in [0.1, 0.15) is 18.4 Å². The molecule has 1 fully saturated rings. The number of hydrogen-bond acceptors (Lipinski definition) is 2. The summed E-state index contributed by atoms with van der Waals surface area (Å²) in [4.78, 5) is 4.20. The largest absolute Gasteiger partial charge is 0.330 e. The summed E-state index contributed by atoms with van der Waals surface area (Å²) in [6.07, 6.45) is 5.57. The number of nitrogens with two attached hydrogens (primary N) is 1. The smallest absolute Gasteiger partial charge is 0.106 e. The Morgan fingerprint density at radius 3 is 2.69 bits per heavy atom. The zero-order valence-electron chi connectivity index (χ0n) is 7.46. The minimum atomic E-state index is 0.412. The molecule has 0 atom stereocenters. The van der Waals surface area contributed by atoms with Gasteiger partial charge in [0.15, 0.2) is 0 Å². The molecule has 0 spiro atoms. The second-order valence-electron chi connectivity index (χ2n) is 3.87. The second-order valence-corrected chi connectivity index (χ2v) is 4.68. The van der Waals surface area contributed by atoms with Crippen molar-refractivity contribution in [2.45, 2.75) is 19.3 Å². The Bertz CT molecular complexity index is 290. The summed E-state index contributed by atoms with van der Waals surface area (Å²) in [6, 6.07) is 4.11. The average molecular weight is 241 g/mol. The lowest BCUT2D eigenvalue weighted by molar-refractivity contribution is 0.520. The van der Waals surface area contributed by atoms with Crippen LogP contribution in [0.2, 0.25) is 0 Å². The maximum atomic E-state index is 5.72. The fraction of sp³-hybridized carbons (Fsp3) is 0.500. The third-order valence-corrected chi connectivity index (χ3v) is 3.23. The van der Waals surface area contributed by atoms with Gasteiger partial charge in [-0.1, -0.05) is 6.07 Å². The molecule has 1 aliphatic rings. The summed E-state index contributed by atoms with van der Waals surface area (Å²) in [7, 11) is 0. The van der Waals surface area contributed by atoms with Crippen LogP contribution < -0.4 is 5.73 Å². The van der Waals surface area contributed by atoms with E-state index in [0.29, 0.717) is 5.41 Å². The van der Waals surface area contributed by atoms with Crippen LogP contribution in [0.25, 0.3) is 0 Å². The molecule has 1 saturated carbocycles. The van der Waals surface area contributed by atoms with E-state index >= 15 is 0 Å². The van der Waals surface area contributed by atoms with Crippen LogP contribution in [0.4, 0.5) is 0 Å². The highest BCUT2D eigenvalue weighted by Crippen LogP contribution is 2.47. The number of halogens is 1. The number of nitrogens with zero attached hydrogens (tertiary/aromatic N) is 1. The molecular weight excluding hydrogens is 228 g/mol. The molecule has 2 N–H and O–H groups in total. The van der Waals surface area contributed by atoms with Gasteiger partial charge < -0.3 is 5.73 Å². The molecule has 1 aliphatic carbocycles. The molecule has 0 unspecified atom stereocenters. The lowest BCUT2D eigenvalue weighted by Crippen LogP contribution is -2.17. The van der Waals surface area contributed by atoms with Gasteiger partial charge in [0, 0.05) is 6.20 Å². The van der Waals surface area contributed by atoms with Gasteiger partial charge in [0.25, 0.3) is 0 Å². The SMILES string of the molecule is NCC1(Cc2ccc(Br)nc2)CC1. The lowest BCUT2D eigenvalue weighted by Gasteiger charge is -2.11. The summed E-state index contributed by atoms with van der Waals surface area (Å²) in [5.74, 6) is 0. The Hall–Kier alpha value is -0.410. The number of pyridine rings is 1. The molecule has 0 amide bonds. The van der Waals surface area contributed by atoms with Gasteiger partial charge in [-0.3, -0.25) is 0 Å². The topological polar surface area (TPSA) is 38.9 Å². The zero-order valence-corrected chi connectivity index (χ0v) is 9.05. The monoisotopic (exact) mass is 240 g/mol. The van der Waals surface area contributed by atoms with Gasteiger partial charge in [0.05, 0.1) is 0 Å². The number of aromatic nitrogens is 1. The van der Waals surface area contributed by atoms with Gasteiger partial charge in [-0.05, 0) is 58.8 Å². The molecule has 0 aliphatic heterocycles. The Balaban J connectivity index is 2.06. The maximum Gasteiger partial charge on any atom is 0.106 e. The molecule has 0 saturated heterocycles. The first-order valence-corrected chi connectivity index (χ1v) is 5.34. The van der Waals surface area contributed by atoms with Crippen LogP contribution >= 0.6 is 15.9 Å². The van der Waals surface area contributed by atoms with Crippen LogP contribution in [0.15, 0.2) is 22.9 Å². The minimum Gasteiger partial charge on any atom is -0.330 e. The molecule has 13 heavy (non-hydrogen) atoms. The quantitative estimate of drug-likeness (QED) is 0.823. The van der Waals surface area contributed by atoms with E-state index in [0.717, 1.165) is 17.6 Å². The van der Waals surface area contributed by atoms with Gasteiger partial charge in [0.1, 0.15) is 4.60 Å². The van der Waals surface area contributed by atoms with Crippen LogP contribution in [0, 0.1) is 5.41 Å². The molecule has 1 heterocycles. The highest BCUT2D eigenvalue weighted by atomic mass is 79.9. The maximum absolute atomic E-state index is 5.72. The van der Waals surface area contributed by atoms with Crippen molar-refractivity contribution in [3.05, 3.63) is 28.5 Å². The van der Waals surface area contributed by atoms with Crippen molar-refractivity contribution in [3.8, 4) is 0 Å². The Morgan fingerprint density at radius 1 is 1.46 bits per heavy atom. The molecule has 1 aromatic heterocycles. The molecule has 3 heteroatoms. The fourth-order valence-electron chi connectivity index (χ4n) is 1.57. The third-order valence-electron chi connectivity index (χ3n) is 2.76. The van der Waals surface area contributed by atoms with Crippen LogP contribution in [0.3, 0.4) is 0 Å². The van der Waals surface area contributed by atoms with E-state index < -0.39 is 0 Å². The van der Waals surface area contributed by atoms with Crippen LogP contribution in [-0.4, -0.2) is 11.5 Å². The Labute approximate surface area is 86.7 Å². The van der Waals surface area contributed by atoms with E-state index in [-0.39, 0.29) is 0 Å². The normalized spacial score (nSPS) is 18.6. The van der Waals surface area contributed by atoms with Gasteiger partial charge in [-0.2, -0.15) is 0 Å². The summed E-state index contributed by atoms with van der Waals surface area (Å²) in [5.41, 5.74) is 7.43. The van der Waals surface area contributed by atoms with Crippen molar-refractivity contribution in [2.75, 3.05) is 6.54 Å². The molecule has 0 bridgehead atoms. The van der Waals surface area contributed by atoms with Gasteiger partial charge in [-0.25, -0.2) is 4.98 Å². The van der Waals surface area contributed by atoms with Crippen molar-refractivity contribution in [1.82, 2.24) is 4.98 Å². The molecular formula is C10H13BrN2. The number of rotatable bonds is 3. The van der Waals surface area contributed by atoms with E-state index in [1.807, 2.05) is 12.3 Å². The first-order chi connectivity index (χ1) is 6.24. The van der Waals surface area contributed by atoms with Crippen molar-refractivity contribution in [1.29, 1.82) is 0 Å². The van der Waals surface area contributed by atoms with E-state index in [2.05, 4.69) is 27.0 Å². The van der Waals surface area contributed by atoms with E-state index in [4.69, 9.17) is 5.73 Å². The van der Waals surface area contributed by atoms with Crippen molar-refractivity contribution in [2.24, 2.45) is 11.1 Å². The first kappa shape index (κ1) is 9.16. The van der Waals surface area contributed by atoms with Gasteiger partial charge in [0.2, 0.25) is 0 Å². The van der Waals surface area contributed by atoms with Crippen molar-refractivity contribution >= 4 is 15.9 Å². The second kappa shape index (κ2) is 3.39. The van der Waals surface area contributed by atoms with Crippen molar-refractivity contribution in [3.63, 3.8) is 0 Å². The molecule has 1 aromatic rings. The predicted molar refractivity (Wildman–Crippen MR) is 56.4 cm³/mol. The molecule has 0 aromatic carbocycles.